The van der Waals surface area contributed by atoms with Crippen LogP contribution in [-0.4, -0.2) is 58.1 Å². The molecular formula is C23H30ClN3O5S. The van der Waals surface area contributed by atoms with Crippen LogP contribution in [0.3, 0.4) is 0 Å². The Balaban J connectivity index is 2.49. The second-order valence-corrected chi connectivity index (χ2v) is 9.97. The van der Waals surface area contributed by atoms with E-state index in [4.69, 9.17) is 16.3 Å². The van der Waals surface area contributed by atoms with Crippen LogP contribution < -0.4 is 14.4 Å². The van der Waals surface area contributed by atoms with Gasteiger partial charge in [0.1, 0.15) is 18.3 Å². The smallest absolute Gasteiger partial charge is 0.244 e. The lowest BCUT2D eigenvalue weighted by Crippen LogP contribution is -2.51. The summed E-state index contributed by atoms with van der Waals surface area (Å²) < 4.78 is 31.6. The highest BCUT2D eigenvalue weighted by molar-refractivity contribution is 7.92. The quantitative estimate of drug-likeness (QED) is 0.546. The Hall–Kier alpha value is -2.78. The largest absolute Gasteiger partial charge is 0.495 e. The summed E-state index contributed by atoms with van der Waals surface area (Å²) in [7, 11) is -0.987. The van der Waals surface area contributed by atoms with Gasteiger partial charge in [-0.2, -0.15) is 0 Å². The van der Waals surface area contributed by atoms with Crippen molar-refractivity contribution in [3.05, 3.63) is 58.6 Å². The van der Waals surface area contributed by atoms with E-state index in [1.54, 1.807) is 13.0 Å². The minimum Gasteiger partial charge on any atom is -0.495 e. The molecule has 10 heteroatoms. The number of likely N-dealkylation sites (N-methyl/N-ethyl adjacent to an activating group) is 1. The number of benzene rings is 2. The lowest BCUT2D eigenvalue weighted by Gasteiger charge is -2.33. The molecule has 0 saturated heterocycles. The van der Waals surface area contributed by atoms with Gasteiger partial charge in [0, 0.05) is 18.6 Å². The maximum absolute atomic E-state index is 13.5. The Labute approximate surface area is 200 Å². The number of halogens is 1. The van der Waals surface area contributed by atoms with Gasteiger partial charge in [-0.05, 0) is 37.1 Å². The second kappa shape index (κ2) is 11.4. The van der Waals surface area contributed by atoms with Crippen molar-refractivity contribution >= 4 is 39.1 Å². The molecule has 2 aromatic carbocycles. The summed E-state index contributed by atoms with van der Waals surface area (Å²) in [6, 6.07) is 11.3. The molecule has 2 rings (SSSR count). The zero-order valence-electron chi connectivity index (χ0n) is 19.5. The van der Waals surface area contributed by atoms with Crippen molar-refractivity contribution in [2.24, 2.45) is 0 Å². The minimum atomic E-state index is -3.89. The molecule has 0 fully saturated rings. The highest BCUT2D eigenvalue weighted by Crippen LogP contribution is 2.33. The number of nitrogens with zero attached hydrogens (tertiary/aromatic N) is 2. The molecule has 0 saturated carbocycles. The Bertz CT molecular complexity index is 1090. The standard InChI is InChI=1S/C23H30ClN3O5S/c1-6-19(23(29)25-3)26(14-17-9-7-16(2)8-10-17)22(28)15-27(33(5,30)31)20-13-18(24)11-12-21(20)32-4/h7-13,19H,6,14-15H2,1-5H3,(H,25,29)/t19-/m1/s1. The Kier molecular flexibility index (Phi) is 9.13. The summed E-state index contributed by atoms with van der Waals surface area (Å²) in [6.07, 6.45) is 1.36. The molecule has 0 aliphatic carbocycles. The molecule has 0 radical (unpaired) electrons. The van der Waals surface area contributed by atoms with Gasteiger partial charge in [-0.25, -0.2) is 8.42 Å². The number of ether oxygens (including phenoxy) is 1. The van der Waals surface area contributed by atoms with Crippen molar-refractivity contribution < 1.29 is 22.7 Å². The first-order chi connectivity index (χ1) is 15.5. The summed E-state index contributed by atoms with van der Waals surface area (Å²) in [5, 5.41) is 2.88. The number of rotatable bonds is 10. The van der Waals surface area contributed by atoms with Gasteiger partial charge in [0.05, 0.1) is 19.1 Å². The molecule has 0 spiro atoms. The number of sulfonamides is 1. The van der Waals surface area contributed by atoms with Crippen LogP contribution in [0.15, 0.2) is 42.5 Å². The van der Waals surface area contributed by atoms with E-state index >= 15 is 0 Å². The summed E-state index contributed by atoms with van der Waals surface area (Å²) in [6.45, 7) is 3.38. The van der Waals surface area contributed by atoms with Gasteiger partial charge >= 0.3 is 0 Å². The number of carbonyl (C=O) groups is 2. The third kappa shape index (κ3) is 6.85. The molecular weight excluding hydrogens is 466 g/mol. The molecule has 2 amide bonds. The number of methoxy groups -OCH3 is 1. The highest BCUT2D eigenvalue weighted by Gasteiger charge is 2.32. The second-order valence-electron chi connectivity index (χ2n) is 7.63. The predicted molar refractivity (Wildman–Crippen MR) is 130 cm³/mol. The lowest BCUT2D eigenvalue weighted by molar-refractivity contribution is -0.140. The van der Waals surface area contributed by atoms with E-state index < -0.39 is 28.5 Å². The number of carbonyl (C=O) groups excluding carboxylic acids is 2. The fourth-order valence-electron chi connectivity index (χ4n) is 3.43. The molecule has 8 nitrogen and oxygen atoms in total. The van der Waals surface area contributed by atoms with Gasteiger partial charge in [0.15, 0.2) is 0 Å². The molecule has 180 valence electrons. The van der Waals surface area contributed by atoms with Crippen molar-refractivity contribution in [2.75, 3.05) is 31.3 Å². The lowest BCUT2D eigenvalue weighted by atomic mass is 10.1. The van der Waals surface area contributed by atoms with E-state index in [-0.39, 0.29) is 23.9 Å². The molecule has 0 heterocycles. The van der Waals surface area contributed by atoms with Gasteiger partial charge in [0.2, 0.25) is 21.8 Å². The highest BCUT2D eigenvalue weighted by atomic mass is 35.5. The topological polar surface area (TPSA) is 96.0 Å². The van der Waals surface area contributed by atoms with Gasteiger partial charge in [-0.15, -0.1) is 0 Å². The van der Waals surface area contributed by atoms with E-state index in [9.17, 15) is 18.0 Å². The van der Waals surface area contributed by atoms with Crippen LogP contribution in [0.4, 0.5) is 5.69 Å². The van der Waals surface area contributed by atoms with Gasteiger partial charge in [-0.3, -0.25) is 13.9 Å². The van der Waals surface area contributed by atoms with Crippen LogP contribution in [0.5, 0.6) is 5.75 Å². The Morgan fingerprint density at radius 1 is 1.15 bits per heavy atom. The van der Waals surface area contributed by atoms with Crippen LogP contribution in [0.2, 0.25) is 5.02 Å². The zero-order valence-corrected chi connectivity index (χ0v) is 21.0. The molecule has 0 aliphatic heterocycles. The summed E-state index contributed by atoms with van der Waals surface area (Å²) >= 11 is 6.10. The van der Waals surface area contributed by atoms with Gasteiger partial charge in [-0.1, -0.05) is 48.4 Å². The number of hydrogen-bond acceptors (Lipinski definition) is 5. The average molecular weight is 496 g/mol. The van der Waals surface area contributed by atoms with E-state index in [0.29, 0.717) is 11.4 Å². The number of hydrogen-bond donors (Lipinski definition) is 1. The monoisotopic (exact) mass is 495 g/mol. The molecule has 0 aliphatic rings. The van der Waals surface area contributed by atoms with E-state index in [0.717, 1.165) is 21.7 Å². The minimum absolute atomic E-state index is 0.143. The van der Waals surface area contributed by atoms with Crippen molar-refractivity contribution in [2.45, 2.75) is 32.9 Å². The average Bonchev–Trinajstić information content (AvgIpc) is 2.77. The molecule has 0 bridgehead atoms. The molecule has 0 unspecified atom stereocenters. The summed E-state index contributed by atoms with van der Waals surface area (Å²) in [5.41, 5.74) is 2.03. The SMILES string of the molecule is CC[C@H](C(=O)NC)N(Cc1ccc(C)cc1)C(=O)CN(c1cc(Cl)ccc1OC)S(C)(=O)=O. The molecule has 0 aromatic heterocycles. The normalized spacial score (nSPS) is 12.1. The van der Waals surface area contributed by atoms with Crippen molar-refractivity contribution in [1.82, 2.24) is 10.2 Å². The van der Waals surface area contributed by atoms with Crippen molar-refractivity contribution in [3.8, 4) is 5.75 Å². The first-order valence-corrected chi connectivity index (χ1v) is 12.6. The number of aryl methyl sites for hydroxylation is 1. The van der Waals surface area contributed by atoms with Crippen LogP contribution in [-0.2, 0) is 26.2 Å². The van der Waals surface area contributed by atoms with E-state index in [2.05, 4.69) is 5.32 Å². The molecule has 33 heavy (non-hydrogen) atoms. The van der Waals surface area contributed by atoms with Crippen LogP contribution >= 0.6 is 11.6 Å². The van der Waals surface area contributed by atoms with Crippen molar-refractivity contribution in [3.63, 3.8) is 0 Å². The maximum Gasteiger partial charge on any atom is 0.244 e. The summed E-state index contributed by atoms with van der Waals surface area (Å²) in [4.78, 5) is 27.5. The first-order valence-electron chi connectivity index (χ1n) is 10.4. The number of anilines is 1. The predicted octanol–water partition coefficient (Wildman–Crippen LogP) is 2.98. The van der Waals surface area contributed by atoms with Crippen LogP contribution in [0, 0.1) is 6.92 Å². The fraction of sp³-hybridized carbons (Fsp3) is 0.391. The van der Waals surface area contributed by atoms with Crippen LogP contribution in [0.1, 0.15) is 24.5 Å². The Morgan fingerprint density at radius 3 is 2.30 bits per heavy atom. The molecule has 1 atom stereocenters. The third-order valence-electron chi connectivity index (χ3n) is 5.19. The number of amides is 2. The summed E-state index contributed by atoms with van der Waals surface area (Å²) in [5.74, 6) is -0.608. The third-order valence-corrected chi connectivity index (χ3v) is 6.56. The fourth-order valence-corrected chi connectivity index (χ4v) is 4.44. The number of nitrogens with one attached hydrogen (secondary N) is 1. The molecule has 2 aromatic rings. The maximum atomic E-state index is 13.5. The molecule has 1 N–H and O–H groups in total. The van der Waals surface area contributed by atoms with Gasteiger partial charge < -0.3 is 15.0 Å². The zero-order chi connectivity index (χ0) is 24.8. The van der Waals surface area contributed by atoms with Crippen LogP contribution in [0.25, 0.3) is 0 Å². The van der Waals surface area contributed by atoms with E-state index in [1.165, 1.54) is 31.2 Å². The van der Waals surface area contributed by atoms with Crippen molar-refractivity contribution in [1.29, 1.82) is 0 Å². The first kappa shape index (κ1) is 26.5. The van der Waals surface area contributed by atoms with Gasteiger partial charge in [0.25, 0.3) is 0 Å². The Morgan fingerprint density at radius 2 is 1.79 bits per heavy atom. The van der Waals surface area contributed by atoms with E-state index in [1.807, 2.05) is 31.2 Å².